The van der Waals surface area contributed by atoms with Crippen LogP contribution in [0.3, 0.4) is 0 Å². The molecule has 1 atom stereocenters. The Morgan fingerprint density at radius 1 is 1.19 bits per heavy atom. The van der Waals surface area contributed by atoms with E-state index >= 15 is 0 Å². The maximum absolute atomic E-state index is 12.4. The van der Waals surface area contributed by atoms with Gasteiger partial charge in [-0.25, -0.2) is 9.59 Å². The van der Waals surface area contributed by atoms with Crippen molar-refractivity contribution in [3.05, 3.63) is 41.5 Å². The van der Waals surface area contributed by atoms with Gasteiger partial charge < -0.3 is 10.1 Å². The van der Waals surface area contributed by atoms with Crippen LogP contribution in [-0.2, 0) is 20.5 Å². The summed E-state index contributed by atoms with van der Waals surface area (Å²) >= 11 is 0. The van der Waals surface area contributed by atoms with E-state index in [1.54, 1.807) is 6.92 Å². The van der Waals surface area contributed by atoms with Crippen LogP contribution >= 0.6 is 0 Å². The average molecular weight is 372 g/mol. The Hall–Kier alpha value is -2.84. The molecule has 0 heterocycles. The molecule has 9 heteroatoms. The summed E-state index contributed by atoms with van der Waals surface area (Å²) in [5.74, 6) is -1.68. The zero-order chi connectivity index (χ0) is 19.7. The zero-order valence-electron chi connectivity index (χ0n) is 14.2. The third-order valence-electron chi connectivity index (χ3n) is 3.24. The molecule has 0 spiro atoms. The van der Waals surface area contributed by atoms with Gasteiger partial charge in [0.2, 0.25) is 0 Å². The zero-order valence-corrected chi connectivity index (χ0v) is 14.2. The largest absolute Gasteiger partial charge is 0.452 e. The average Bonchev–Trinajstić information content (AvgIpc) is 2.57. The topological polar surface area (TPSA) is 84.5 Å². The van der Waals surface area contributed by atoms with Crippen molar-refractivity contribution in [3.63, 3.8) is 0 Å². The fourth-order valence-corrected chi connectivity index (χ4v) is 1.66. The highest BCUT2D eigenvalue weighted by Crippen LogP contribution is 2.29. The maximum Gasteiger partial charge on any atom is 0.416 e. The molecule has 6 nitrogen and oxygen atoms in total. The van der Waals surface area contributed by atoms with Gasteiger partial charge in [0.05, 0.1) is 5.56 Å². The van der Waals surface area contributed by atoms with Crippen LogP contribution in [-0.4, -0.2) is 30.6 Å². The van der Waals surface area contributed by atoms with Crippen molar-refractivity contribution in [1.82, 2.24) is 10.6 Å². The number of rotatable bonds is 6. The van der Waals surface area contributed by atoms with E-state index in [-0.39, 0.29) is 6.04 Å². The van der Waals surface area contributed by atoms with E-state index in [9.17, 15) is 27.6 Å². The first kappa shape index (κ1) is 21.2. The summed E-state index contributed by atoms with van der Waals surface area (Å²) in [6.07, 6.45) is -1.54. The van der Waals surface area contributed by atoms with Crippen molar-refractivity contribution in [2.75, 3.05) is 6.61 Å². The molecule has 0 aliphatic rings. The molecular weight excluding hydrogens is 353 g/mol. The Balaban J connectivity index is 2.43. The molecule has 0 saturated carbocycles. The van der Waals surface area contributed by atoms with Gasteiger partial charge in [0, 0.05) is 12.1 Å². The van der Waals surface area contributed by atoms with Crippen molar-refractivity contribution in [2.24, 2.45) is 0 Å². The number of halogens is 3. The Bertz CT molecular complexity index is 670. The molecule has 2 N–H and O–H groups in total. The van der Waals surface area contributed by atoms with E-state index < -0.39 is 36.3 Å². The lowest BCUT2D eigenvalue weighted by atomic mass is 10.1. The van der Waals surface area contributed by atoms with Gasteiger partial charge >= 0.3 is 18.2 Å². The summed E-state index contributed by atoms with van der Waals surface area (Å²) in [6.45, 7) is 2.96. The molecular formula is C17H19F3N2O4. The Morgan fingerprint density at radius 3 is 2.35 bits per heavy atom. The van der Waals surface area contributed by atoms with Crippen LogP contribution in [0.25, 0.3) is 6.08 Å². The van der Waals surface area contributed by atoms with Gasteiger partial charge in [0.15, 0.2) is 6.61 Å². The van der Waals surface area contributed by atoms with Crippen LogP contribution in [0.5, 0.6) is 0 Å². The van der Waals surface area contributed by atoms with E-state index in [0.29, 0.717) is 12.0 Å². The number of urea groups is 1. The predicted octanol–water partition coefficient (Wildman–Crippen LogP) is 2.89. The minimum atomic E-state index is -4.43. The van der Waals surface area contributed by atoms with Crippen LogP contribution in [0, 0.1) is 0 Å². The van der Waals surface area contributed by atoms with Crippen LogP contribution in [0.2, 0.25) is 0 Å². The van der Waals surface area contributed by atoms with Gasteiger partial charge in [-0.1, -0.05) is 19.1 Å². The number of hydrogen-bond acceptors (Lipinski definition) is 4. The number of carbonyl (C=O) groups is 3. The second-order valence-electron chi connectivity index (χ2n) is 5.39. The predicted molar refractivity (Wildman–Crippen MR) is 87.9 cm³/mol. The van der Waals surface area contributed by atoms with Crippen molar-refractivity contribution in [2.45, 2.75) is 32.5 Å². The second-order valence-corrected chi connectivity index (χ2v) is 5.39. The van der Waals surface area contributed by atoms with Crippen molar-refractivity contribution in [1.29, 1.82) is 0 Å². The molecule has 0 unspecified atom stereocenters. The number of esters is 1. The van der Waals surface area contributed by atoms with Gasteiger partial charge in [0.1, 0.15) is 0 Å². The van der Waals surface area contributed by atoms with Crippen molar-refractivity contribution >= 4 is 24.0 Å². The summed E-state index contributed by atoms with van der Waals surface area (Å²) in [5, 5.41) is 4.50. The number of carbonyl (C=O) groups excluding carboxylic acids is 3. The molecule has 1 rings (SSSR count). The molecule has 3 amide bonds. The number of amides is 3. The molecule has 0 radical (unpaired) electrons. The smallest absolute Gasteiger partial charge is 0.416 e. The molecule has 26 heavy (non-hydrogen) atoms. The minimum absolute atomic E-state index is 0.114. The fraction of sp³-hybridized carbons (Fsp3) is 0.353. The first-order chi connectivity index (χ1) is 12.1. The van der Waals surface area contributed by atoms with E-state index in [1.807, 2.05) is 12.2 Å². The lowest BCUT2D eigenvalue weighted by Crippen LogP contribution is -2.44. The molecule has 0 bridgehead atoms. The fourth-order valence-electron chi connectivity index (χ4n) is 1.66. The molecule has 1 aromatic carbocycles. The molecule has 142 valence electrons. The number of imide groups is 1. The van der Waals surface area contributed by atoms with Crippen LogP contribution in [0.15, 0.2) is 30.3 Å². The van der Waals surface area contributed by atoms with Crippen molar-refractivity contribution < 1.29 is 32.3 Å². The van der Waals surface area contributed by atoms with E-state index in [2.05, 4.69) is 10.1 Å². The quantitative estimate of drug-likeness (QED) is 0.594. The minimum Gasteiger partial charge on any atom is -0.452 e. The first-order valence-corrected chi connectivity index (χ1v) is 7.74. The Morgan fingerprint density at radius 2 is 1.81 bits per heavy atom. The number of nitrogens with one attached hydrogen (secondary N) is 2. The molecule has 0 aliphatic carbocycles. The highest BCUT2D eigenvalue weighted by atomic mass is 19.4. The van der Waals surface area contributed by atoms with Crippen LogP contribution < -0.4 is 10.6 Å². The summed E-state index contributed by atoms with van der Waals surface area (Å²) < 4.78 is 41.9. The van der Waals surface area contributed by atoms with Crippen LogP contribution in [0.1, 0.15) is 31.4 Å². The first-order valence-electron chi connectivity index (χ1n) is 7.74. The van der Waals surface area contributed by atoms with Crippen molar-refractivity contribution in [3.8, 4) is 0 Å². The molecule has 0 saturated heterocycles. The number of ether oxygens (including phenoxy) is 1. The normalized spacial score (nSPS) is 12.5. The maximum atomic E-state index is 12.4. The Kier molecular flexibility index (Phi) is 7.82. The van der Waals surface area contributed by atoms with E-state index in [4.69, 9.17) is 0 Å². The van der Waals surface area contributed by atoms with Gasteiger partial charge in [-0.2, -0.15) is 13.2 Å². The molecule has 0 aliphatic heterocycles. The number of alkyl halides is 3. The van der Waals surface area contributed by atoms with Gasteiger partial charge in [-0.3, -0.25) is 10.1 Å². The number of benzene rings is 1. The second kappa shape index (κ2) is 9.59. The summed E-state index contributed by atoms with van der Waals surface area (Å²) in [4.78, 5) is 34.3. The van der Waals surface area contributed by atoms with E-state index in [1.165, 1.54) is 18.2 Å². The standard InChI is InChI=1S/C17H19F3N2O4/c1-3-11(2)21-16(25)22-14(23)10-26-15(24)9-6-12-4-7-13(8-5-12)17(18,19)20/h4-9,11H,3,10H2,1-2H3,(H2,21,22,23,25)/b9-6+/t11-/m1/s1. The molecule has 0 fully saturated rings. The summed E-state index contributed by atoms with van der Waals surface area (Å²) in [5.41, 5.74) is -0.447. The molecule has 1 aromatic rings. The van der Waals surface area contributed by atoms with Gasteiger partial charge in [0.25, 0.3) is 5.91 Å². The molecule has 0 aromatic heterocycles. The summed E-state index contributed by atoms with van der Waals surface area (Å²) in [6, 6.07) is 3.34. The van der Waals surface area contributed by atoms with Gasteiger partial charge in [-0.05, 0) is 37.1 Å². The highest BCUT2D eigenvalue weighted by Gasteiger charge is 2.29. The Labute approximate surface area is 148 Å². The van der Waals surface area contributed by atoms with E-state index in [0.717, 1.165) is 18.2 Å². The van der Waals surface area contributed by atoms with Gasteiger partial charge in [-0.15, -0.1) is 0 Å². The SMILES string of the molecule is CC[C@@H](C)NC(=O)NC(=O)COC(=O)/C=C/c1ccc(C(F)(F)F)cc1. The lowest BCUT2D eigenvalue weighted by molar-refractivity contribution is -0.143. The highest BCUT2D eigenvalue weighted by molar-refractivity contribution is 5.96. The summed E-state index contributed by atoms with van der Waals surface area (Å²) in [7, 11) is 0. The lowest BCUT2D eigenvalue weighted by Gasteiger charge is -2.11. The number of hydrogen-bond donors (Lipinski definition) is 2. The third kappa shape index (κ3) is 7.82. The van der Waals surface area contributed by atoms with Crippen LogP contribution in [0.4, 0.5) is 18.0 Å². The monoisotopic (exact) mass is 372 g/mol. The third-order valence-corrected chi connectivity index (χ3v) is 3.24.